The highest BCUT2D eigenvalue weighted by Crippen LogP contribution is 2.15. The number of amides is 1. The largest absolute Gasteiger partial charge is 0.417 e. The molecule has 1 aromatic heterocycles. The Morgan fingerprint density at radius 3 is 2.77 bits per heavy atom. The lowest BCUT2D eigenvalue weighted by molar-refractivity contribution is 0.0411. The summed E-state index contributed by atoms with van der Waals surface area (Å²) in [4.78, 5) is 16.5. The maximum atomic E-state index is 12.4. The molecule has 0 bridgehead atoms. The monoisotopic (exact) mass is 308 g/mol. The van der Waals surface area contributed by atoms with Crippen LogP contribution >= 0.6 is 0 Å². The fourth-order valence-electron chi connectivity index (χ4n) is 3.00. The molecule has 2 saturated heterocycles. The Kier molecular flexibility index (Phi) is 5.04. The first-order valence-corrected chi connectivity index (χ1v) is 8.22. The van der Waals surface area contributed by atoms with Gasteiger partial charge in [0.2, 0.25) is 5.89 Å². The number of carbonyl (C=O) groups is 1. The zero-order valence-corrected chi connectivity index (χ0v) is 13.2. The number of piperazine rings is 1. The highest BCUT2D eigenvalue weighted by atomic mass is 16.5. The van der Waals surface area contributed by atoms with Gasteiger partial charge in [-0.15, -0.1) is 10.2 Å². The summed E-state index contributed by atoms with van der Waals surface area (Å²) >= 11 is 0. The van der Waals surface area contributed by atoms with Gasteiger partial charge in [0.05, 0.1) is 6.10 Å². The molecule has 0 aliphatic carbocycles. The smallest absolute Gasteiger partial charge is 0.311 e. The van der Waals surface area contributed by atoms with E-state index in [1.54, 1.807) is 4.90 Å². The third-order valence-corrected chi connectivity index (χ3v) is 4.26. The second kappa shape index (κ2) is 7.19. The van der Waals surface area contributed by atoms with Crippen molar-refractivity contribution in [1.29, 1.82) is 0 Å². The first-order valence-electron chi connectivity index (χ1n) is 8.22. The van der Waals surface area contributed by atoms with Crippen molar-refractivity contribution in [3.8, 4) is 0 Å². The third kappa shape index (κ3) is 3.64. The molecule has 22 heavy (non-hydrogen) atoms. The average molecular weight is 308 g/mol. The fourth-order valence-corrected chi connectivity index (χ4v) is 3.00. The lowest BCUT2D eigenvalue weighted by Gasteiger charge is -2.35. The zero-order chi connectivity index (χ0) is 15.4. The van der Waals surface area contributed by atoms with E-state index < -0.39 is 0 Å². The molecule has 1 unspecified atom stereocenters. The van der Waals surface area contributed by atoms with Gasteiger partial charge in [-0.25, -0.2) is 0 Å². The minimum Gasteiger partial charge on any atom is -0.417 e. The summed E-state index contributed by atoms with van der Waals surface area (Å²) in [6.07, 6.45) is 4.34. The van der Waals surface area contributed by atoms with Crippen LogP contribution in [0.4, 0.5) is 0 Å². The van der Waals surface area contributed by atoms with Gasteiger partial charge in [-0.2, -0.15) is 0 Å². The molecule has 0 saturated carbocycles. The fraction of sp³-hybridized carbons (Fsp3) is 0.800. The molecule has 1 aromatic rings. The number of ether oxygens (including phenoxy) is 1. The SMILES string of the molecule is CCCc1nnc(C(=O)N2CCN(CC3CCCO3)CC2)o1. The van der Waals surface area contributed by atoms with Crippen LogP contribution in [-0.4, -0.2) is 71.3 Å². The highest BCUT2D eigenvalue weighted by molar-refractivity contribution is 5.89. The molecule has 0 radical (unpaired) electrons. The number of hydrogen-bond acceptors (Lipinski definition) is 6. The number of carbonyl (C=O) groups excluding carboxylic acids is 1. The summed E-state index contributed by atoms with van der Waals surface area (Å²) in [6.45, 7) is 7.07. The van der Waals surface area contributed by atoms with Gasteiger partial charge >= 0.3 is 11.8 Å². The van der Waals surface area contributed by atoms with Crippen molar-refractivity contribution in [2.45, 2.75) is 38.7 Å². The van der Waals surface area contributed by atoms with Gasteiger partial charge in [0.15, 0.2) is 0 Å². The molecular weight excluding hydrogens is 284 g/mol. The molecule has 2 fully saturated rings. The molecule has 0 spiro atoms. The van der Waals surface area contributed by atoms with Gasteiger partial charge in [0.1, 0.15) is 0 Å². The number of aryl methyl sites for hydroxylation is 1. The Hall–Kier alpha value is -1.47. The molecule has 0 aromatic carbocycles. The van der Waals surface area contributed by atoms with Crippen molar-refractivity contribution in [2.24, 2.45) is 0 Å². The Balaban J connectivity index is 1.48. The first-order chi connectivity index (χ1) is 10.8. The van der Waals surface area contributed by atoms with Gasteiger partial charge in [-0.3, -0.25) is 9.69 Å². The van der Waals surface area contributed by atoms with Gasteiger partial charge in [-0.1, -0.05) is 6.92 Å². The Morgan fingerprint density at radius 1 is 1.27 bits per heavy atom. The molecule has 3 rings (SSSR count). The standard InChI is InChI=1S/C15H24N4O3/c1-2-4-13-16-17-14(22-13)15(20)19-8-6-18(7-9-19)11-12-5-3-10-21-12/h12H,2-11H2,1H3. The molecule has 122 valence electrons. The van der Waals surface area contributed by atoms with Crippen molar-refractivity contribution in [1.82, 2.24) is 20.0 Å². The van der Waals surface area contributed by atoms with Gasteiger partial charge in [-0.05, 0) is 19.3 Å². The number of hydrogen-bond donors (Lipinski definition) is 0. The van der Waals surface area contributed by atoms with E-state index in [1.807, 2.05) is 6.92 Å². The van der Waals surface area contributed by atoms with Crippen LogP contribution in [-0.2, 0) is 11.2 Å². The van der Waals surface area contributed by atoms with Gasteiger partial charge in [0, 0.05) is 45.8 Å². The summed E-state index contributed by atoms with van der Waals surface area (Å²) in [5.74, 6) is 0.519. The summed E-state index contributed by atoms with van der Waals surface area (Å²) in [5, 5.41) is 7.78. The van der Waals surface area contributed by atoms with Gasteiger partial charge in [0.25, 0.3) is 0 Å². The molecule has 1 atom stereocenters. The molecular formula is C15H24N4O3. The van der Waals surface area contributed by atoms with E-state index in [-0.39, 0.29) is 11.8 Å². The Labute approximate surface area is 130 Å². The zero-order valence-electron chi connectivity index (χ0n) is 13.2. The lowest BCUT2D eigenvalue weighted by Crippen LogP contribution is -2.50. The van der Waals surface area contributed by atoms with E-state index in [2.05, 4.69) is 15.1 Å². The van der Waals surface area contributed by atoms with Crippen LogP contribution in [0.2, 0.25) is 0 Å². The van der Waals surface area contributed by atoms with E-state index in [4.69, 9.17) is 9.15 Å². The molecule has 0 N–H and O–H groups in total. The maximum absolute atomic E-state index is 12.4. The van der Waals surface area contributed by atoms with Crippen molar-refractivity contribution >= 4 is 5.91 Å². The Morgan fingerprint density at radius 2 is 2.09 bits per heavy atom. The topological polar surface area (TPSA) is 71.7 Å². The normalized spacial score (nSPS) is 23.1. The third-order valence-electron chi connectivity index (χ3n) is 4.26. The Bertz CT molecular complexity index is 491. The van der Waals surface area contributed by atoms with E-state index in [1.165, 1.54) is 6.42 Å². The molecule has 2 aliphatic rings. The van der Waals surface area contributed by atoms with E-state index in [9.17, 15) is 4.79 Å². The minimum absolute atomic E-state index is 0.121. The van der Waals surface area contributed by atoms with E-state index in [0.29, 0.717) is 25.1 Å². The van der Waals surface area contributed by atoms with Crippen LogP contribution in [0.5, 0.6) is 0 Å². The predicted molar refractivity (Wildman–Crippen MR) is 79.6 cm³/mol. The average Bonchev–Trinajstić information content (AvgIpc) is 3.20. The predicted octanol–water partition coefficient (Wildman–Crippen LogP) is 0.959. The van der Waals surface area contributed by atoms with Crippen LogP contribution in [0.25, 0.3) is 0 Å². The number of aromatic nitrogens is 2. The maximum Gasteiger partial charge on any atom is 0.311 e. The van der Waals surface area contributed by atoms with Gasteiger partial charge < -0.3 is 14.1 Å². The van der Waals surface area contributed by atoms with Crippen molar-refractivity contribution in [3.63, 3.8) is 0 Å². The molecule has 2 aliphatic heterocycles. The second-order valence-corrected chi connectivity index (χ2v) is 5.98. The lowest BCUT2D eigenvalue weighted by atomic mass is 10.2. The van der Waals surface area contributed by atoms with Crippen LogP contribution in [0, 0.1) is 0 Å². The number of nitrogens with zero attached hydrogens (tertiary/aromatic N) is 4. The number of rotatable bonds is 5. The molecule has 7 nitrogen and oxygen atoms in total. The molecule has 7 heteroatoms. The van der Waals surface area contributed by atoms with E-state index in [0.717, 1.165) is 45.5 Å². The van der Waals surface area contributed by atoms with Crippen LogP contribution in [0.3, 0.4) is 0 Å². The van der Waals surface area contributed by atoms with Crippen LogP contribution in [0.1, 0.15) is 42.8 Å². The van der Waals surface area contributed by atoms with Crippen molar-refractivity contribution in [3.05, 3.63) is 11.8 Å². The minimum atomic E-state index is -0.147. The molecule has 3 heterocycles. The highest BCUT2D eigenvalue weighted by Gasteiger charge is 2.27. The van der Waals surface area contributed by atoms with Crippen LogP contribution in [0.15, 0.2) is 4.42 Å². The van der Waals surface area contributed by atoms with Crippen LogP contribution < -0.4 is 0 Å². The van der Waals surface area contributed by atoms with Crippen molar-refractivity contribution < 1.29 is 13.9 Å². The summed E-state index contributed by atoms with van der Waals surface area (Å²) in [6, 6.07) is 0. The summed E-state index contributed by atoms with van der Waals surface area (Å²) in [5.41, 5.74) is 0. The molecule has 1 amide bonds. The van der Waals surface area contributed by atoms with Crippen molar-refractivity contribution in [2.75, 3.05) is 39.3 Å². The first kappa shape index (κ1) is 15.4. The summed E-state index contributed by atoms with van der Waals surface area (Å²) in [7, 11) is 0. The second-order valence-electron chi connectivity index (χ2n) is 5.98. The van der Waals surface area contributed by atoms with E-state index >= 15 is 0 Å². The summed E-state index contributed by atoms with van der Waals surface area (Å²) < 4.78 is 11.1. The quantitative estimate of drug-likeness (QED) is 0.807.